The molecule has 0 spiro atoms. The van der Waals surface area contributed by atoms with Gasteiger partial charge in [0, 0.05) is 19.6 Å². The topological polar surface area (TPSA) is 72.6 Å². The molecule has 0 amide bonds. The number of nitrogens with zero attached hydrogens (tertiary/aromatic N) is 1. The van der Waals surface area contributed by atoms with Crippen molar-refractivity contribution in [3.8, 4) is 5.75 Å². The maximum atomic E-state index is 12.2. The van der Waals surface area contributed by atoms with Crippen molar-refractivity contribution >= 4 is 10.0 Å². The van der Waals surface area contributed by atoms with Crippen LogP contribution in [-0.4, -0.2) is 39.0 Å². The first-order chi connectivity index (χ1) is 12.6. The normalized spacial score (nSPS) is 10.9. The Bertz CT molecular complexity index is 686. The zero-order valence-electron chi connectivity index (χ0n) is 15.7. The van der Waals surface area contributed by atoms with Crippen molar-refractivity contribution in [2.45, 2.75) is 31.6 Å². The van der Waals surface area contributed by atoms with E-state index in [9.17, 15) is 8.42 Å². The van der Waals surface area contributed by atoms with Crippen molar-refractivity contribution in [2.24, 2.45) is 5.73 Å². The highest BCUT2D eigenvalue weighted by Gasteiger charge is 2.22. The highest BCUT2D eigenvalue weighted by atomic mass is 32.2. The number of hydrogen-bond acceptors (Lipinski definition) is 4. The predicted octanol–water partition coefficient (Wildman–Crippen LogP) is 3.52. The van der Waals surface area contributed by atoms with Gasteiger partial charge in [-0.15, -0.1) is 0 Å². The van der Waals surface area contributed by atoms with Crippen LogP contribution in [0, 0.1) is 0 Å². The average Bonchev–Trinajstić information content (AvgIpc) is 2.68. The Labute approximate surface area is 157 Å². The molecule has 0 saturated heterocycles. The molecule has 0 atom stereocenters. The Balaban J connectivity index is 0.000000289. The van der Waals surface area contributed by atoms with E-state index < -0.39 is 10.0 Å². The van der Waals surface area contributed by atoms with Gasteiger partial charge in [-0.25, -0.2) is 8.42 Å². The molecule has 0 unspecified atom stereocenters. The lowest BCUT2D eigenvalue weighted by atomic mass is 10.3. The summed E-state index contributed by atoms with van der Waals surface area (Å²) in [6.45, 7) is 6.31. The van der Waals surface area contributed by atoms with Gasteiger partial charge in [-0.3, -0.25) is 0 Å². The van der Waals surface area contributed by atoms with E-state index in [1.807, 2.05) is 50.2 Å². The highest BCUT2D eigenvalue weighted by molar-refractivity contribution is 7.89. The second kappa shape index (κ2) is 12.5. The molecule has 5 nitrogen and oxygen atoms in total. The van der Waals surface area contributed by atoms with Gasteiger partial charge in [0.25, 0.3) is 0 Å². The Morgan fingerprint density at radius 1 is 0.885 bits per heavy atom. The monoisotopic (exact) mass is 378 g/mol. The third-order valence-electron chi connectivity index (χ3n) is 3.46. The van der Waals surface area contributed by atoms with Crippen LogP contribution in [0.25, 0.3) is 0 Å². The van der Waals surface area contributed by atoms with Gasteiger partial charge in [0.05, 0.1) is 4.90 Å². The Morgan fingerprint density at radius 3 is 1.85 bits per heavy atom. The van der Waals surface area contributed by atoms with E-state index in [1.165, 1.54) is 0 Å². The number of hydrogen-bond donors (Lipinski definition) is 1. The molecule has 2 aromatic carbocycles. The molecule has 0 aliphatic heterocycles. The molecule has 0 aliphatic rings. The minimum atomic E-state index is -3.29. The zero-order chi connectivity index (χ0) is 19.3. The van der Waals surface area contributed by atoms with Gasteiger partial charge in [0.15, 0.2) is 0 Å². The van der Waals surface area contributed by atoms with Gasteiger partial charge in [0.2, 0.25) is 10.0 Å². The maximum absolute atomic E-state index is 12.2. The van der Waals surface area contributed by atoms with Crippen LogP contribution in [0.2, 0.25) is 0 Å². The van der Waals surface area contributed by atoms with Crippen molar-refractivity contribution in [1.82, 2.24) is 4.31 Å². The Kier molecular flexibility index (Phi) is 10.6. The molecule has 0 fully saturated rings. The smallest absolute Gasteiger partial charge is 0.243 e. The van der Waals surface area contributed by atoms with Crippen molar-refractivity contribution in [2.75, 3.05) is 26.2 Å². The Morgan fingerprint density at radius 2 is 1.38 bits per heavy atom. The second-order valence-corrected chi connectivity index (χ2v) is 7.61. The van der Waals surface area contributed by atoms with Crippen LogP contribution in [0.4, 0.5) is 0 Å². The quantitative estimate of drug-likeness (QED) is 0.724. The summed E-state index contributed by atoms with van der Waals surface area (Å²) in [6.07, 6.45) is 1.68. The molecule has 2 rings (SSSR count). The first-order valence-electron chi connectivity index (χ1n) is 8.99. The van der Waals surface area contributed by atoms with Crippen LogP contribution in [-0.2, 0) is 10.0 Å². The molecule has 0 radical (unpaired) electrons. The van der Waals surface area contributed by atoms with Gasteiger partial charge >= 0.3 is 0 Å². The molecule has 0 saturated carbocycles. The van der Waals surface area contributed by atoms with E-state index in [-0.39, 0.29) is 0 Å². The second-order valence-electron chi connectivity index (χ2n) is 5.67. The van der Waals surface area contributed by atoms with Crippen molar-refractivity contribution in [3.63, 3.8) is 0 Å². The number of para-hydroxylation sites is 1. The van der Waals surface area contributed by atoms with E-state index in [0.29, 0.717) is 31.1 Å². The third kappa shape index (κ3) is 7.56. The molecule has 2 aromatic rings. The lowest BCUT2D eigenvalue weighted by Gasteiger charge is -2.20. The summed E-state index contributed by atoms with van der Waals surface area (Å²) < 4.78 is 31.3. The van der Waals surface area contributed by atoms with E-state index >= 15 is 0 Å². The fourth-order valence-corrected chi connectivity index (χ4v) is 3.93. The number of benzene rings is 2. The molecule has 0 heterocycles. The van der Waals surface area contributed by atoms with E-state index in [1.54, 1.807) is 28.6 Å². The van der Waals surface area contributed by atoms with Crippen LogP contribution < -0.4 is 10.5 Å². The summed E-state index contributed by atoms with van der Waals surface area (Å²) in [5.74, 6) is 0.882. The molecule has 6 heteroatoms. The van der Waals surface area contributed by atoms with Gasteiger partial charge in [-0.05, 0) is 37.1 Å². The number of sulfonamides is 1. The molecule has 0 aliphatic carbocycles. The molecule has 0 bridgehead atoms. The minimum Gasteiger partial charge on any atom is -0.492 e. The van der Waals surface area contributed by atoms with E-state index in [2.05, 4.69) is 0 Å². The fraction of sp³-hybridized carbons (Fsp3) is 0.400. The number of nitrogens with two attached hydrogens (primary N) is 1. The Hall–Kier alpha value is -1.89. The fourth-order valence-electron chi connectivity index (χ4n) is 2.29. The van der Waals surface area contributed by atoms with Crippen LogP contribution >= 0.6 is 0 Å². The first-order valence-corrected chi connectivity index (χ1v) is 10.4. The van der Waals surface area contributed by atoms with Crippen LogP contribution in [0.15, 0.2) is 65.6 Å². The molecule has 144 valence electrons. The average molecular weight is 379 g/mol. The first kappa shape index (κ1) is 22.2. The van der Waals surface area contributed by atoms with Crippen molar-refractivity contribution < 1.29 is 13.2 Å². The summed E-state index contributed by atoms with van der Waals surface area (Å²) in [7, 11) is -3.29. The highest BCUT2D eigenvalue weighted by Crippen LogP contribution is 2.15. The molecule has 2 N–H and O–H groups in total. The largest absolute Gasteiger partial charge is 0.492 e. The molecular weight excluding hydrogens is 348 g/mol. The summed E-state index contributed by atoms with van der Waals surface area (Å²) >= 11 is 0. The zero-order valence-corrected chi connectivity index (χ0v) is 16.5. The number of ether oxygens (including phenoxy) is 1. The van der Waals surface area contributed by atoms with Crippen LogP contribution in [0.5, 0.6) is 5.75 Å². The van der Waals surface area contributed by atoms with Gasteiger partial charge < -0.3 is 10.5 Å². The van der Waals surface area contributed by atoms with Crippen molar-refractivity contribution in [3.05, 3.63) is 60.7 Å². The lowest BCUT2D eigenvalue weighted by molar-refractivity contribution is 0.328. The minimum absolute atomic E-state index is 0.386. The SMILES string of the molecule is CCCN(CCC)S(=O)(=O)c1ccccc1.NCCOc1ccccc1. The van der Waals surface area contributed by atoms with E-state index in [4.69, 9.17) is 10.5 Å². The van der Waals surface area contributed by atoms with Crippen LogP contribution in [0.3, 0.4) is 0 Å². The summed E-state index contributed by atoms with van der Waals surface area (Å²) in [5, 5.41) is 0. The summed E-state index contributed by atoms with van der Waals surface area (Å²) in [6, 6.07) is 18.3. The predicted molar refractivity (Wildman–Crippen MR) is 107 cm³/mol. The van der Waals surface area contributed by atoms with Gasteiger partial charge in [0.1, 0.15) is 12.4 Å². The van der Waals surface area contributed by atoms with Gasteiger partial charge in [-0.1, -0.05) is 50.2 Å². The molecule has 26 heavy (non-hydrogen) atoms. The van der Waals surface area contributed by atoms with E-state index in [0.717, 1.165) is 18.6 Å². The lowest BCUT2D eigenvalue weighted by Crippen LogP contribution is -2.32. The maximum Gasteiger partial charge on any atom is 0.243 e. The van der Waals surface area contributed by atoms with Gasteiger partial charge in [-0.2, -0.15) is 4.31 Å². The standard InChI is InChI=1S/C12H19NO2S.C8H11NO/c1-3-10-13(11-4-2)16(14,15)12-8-6-5-7-9-12;9-6-7-10-8-4-2-1-3-5-8/h5-9H,3-4,10-11H2,1-2H3;1-5H,6-7,9H2. The summed E-state index contributed by atoms with van der Waals surface area (Å²) in [4.78, 5) is 0.386. The van der Waals surface area contributed by atoms with Crippen molar-refractivity contribution in [1.29, 1.82) is 0 Å². The third-order valence-corrected chi connectivity index (χ3v) is 5.37. The molecule has 0 aromatic heterocycles. The molecular formula is C20H30N2O3S. The van der Waals surface area contributed by atoms with Crippen LogP contribution in [0.1, 0.15) is 26.7 Å². The number of rotatable bonds is 9. The summed E-state index contributed by atoms with van der Waals surface area (Å²) in [5.41, 5.74) is 5.25.